The Morgan fingerprint density at radius 3 is 3.00 bits per heavy atom. The number of benzene rings is 1. The molecule has 3 aromatic rings. The molecular weight excluding hydrogens is 333 g/mol. The van der Waals surface area contributed by atoms with Crippen LogP contribution in [0.1, 0.15) is 17.2 Å². The van der Waals surface area contributed by atoms with Crippen LogP contribution < -0.4 is 5.32 Å². The lowest BCUT2D eigenvalue weighted by molar-refractivity contribution is 0.556. The van der Waals surface area contributed by atoms with Crippen LogP contribution in [0.2, 0.25) is 0 Å². The number of hydrogen-bond donors (Lipinski definition) is 1. The molecule has 5 heteroatoms. The molecule has 2 heterocycles. The van der Waals surface area contributed by atoms with E-state index < -0.39 is 0 Å². The van der Waals surface area contributed by atoms with Gasteiger partial charge in [-0.1, -0.05) is 22.0 Å². The van der Waals surface area contributed by atoms with Crippen molar-refractivity contribution in [2.24, 2.45) is 0 Å². The first-order valence-corrected chi connectivity index (χ1v) is 7.52. The molecule has 1 N–H and O–H groups in total. The van der Waals surface area contributed by atoms with Crippen LogP contribution >= 0.6 is 15.9 Å². The van der Waals surface area contributed by atoms with E-state index in [1.807, 2.05) is 48.2 Å². The molecule has 1 unspecified atom stereocenters. The number of hydrogen-bond acceptors (Lipinski definition) is 2. The van der Waals surface area contributed by atoms with Gasteiger partial charge in [0.25, 0.3) is 0 Å². The normalized spacial score (nSPS) is 12.7. The average molecular weight is 348 g/mol. The van der Waals surface area contributed by atoms with Crippen LogP contribution in [-0.4, -0.2) is 16.7 Å². The highest BCUT2D eigenvalue weighted by Gasteiger charge is 2.17. The number of halogens is 2. The van der Waals surface area contributed by atoms with E-state index in [-0.39, 0.29) is 11.9 Å². The molecule has 0 saturated heterocycles. The number of rotatable bonds is 4. The summed E-state index contributed by atoms with van der Waals surface area (Å²) < 4.78 is 16.7. The first-order chi connectivity index (χ1) is 10.2. The van der Waals surface area contributed by atoms with Gasteiger partial charge < -0.3 is 5.32 Å². The minimum absolute atomic E-state index is 0.00806. The second kappa shape index (κ2) is 5.95. The standard InChI is InChI=1S/C16H15BrFN3/c1-19-15(9-11-8-12(17)5-6-14(11)18)13-10-20-21-7-3-2-4-16(13)21/h2-8,10,15,19H,9H2,1H3. The fourth-order valence-electron chi connectivity index (χ4n) is 2.51. The van der Waals surface area contributed by atoms with E-state index in [1.54, 1.807) is 6.07 Å². The van der Waals surface area contributed by atoms with Crippen molar-refractivity contribution < 1.29 is 4.39 Å². The first-order valence-electron chi connectivity index (χ1n) is 6.72. The summed E-state index contributed by atoms with van der Waals surface area (Å²) in [6.45, 7) is 0. The summed E-state index contributed by atoms with van der Waals surface area (Å²) >= 11 is 3.39. The predicted molar refractivity (Wildman–Crippen MR) is 84.8 cm³/mol. The summed E-state index contributed by atoms with van der Waals surface area (Å²) in [4.78, 5) is 0. The van der Waals surface area contributed by atoms with Crippen molar-refractivity contribution in [1.82, 2.24) is 14.9 Å². The van der Waals surface area contributed by atoms with Gasteiger partial charge in [-0.15, -0.1) is 0 Å². The highest BCUT2D eigenvalue weighted by molar-refractivity contribution is 9.10. The minimum Gasteiger partial charge on any atom is -0.313 e. The number of fused-ring (bicyclic) bond motifs is 1. The number of aromatic nitrogens is 2. The van der Waals surface area contributed by atoms with Crippen LogP contribution in [0.3, 0.4) is 0 Å². The Hall–Kier alpha value is -1.72. The van der Waals surface area contributed by atoms with Crippen molar-refractivity contribution in [3.63, 3.8) is 0 Å². The minimum atomic E-state index is -0.185. The molecule has 2 aromatic heterocycles. The number of nitrogens with one attached hydrogen (secondary N) is 1. The molecule has 0 amide bonds. The van der Waals surface area contributed by atoms with Gasteiger partial charge in [-0.3, -0.25) is 0 Å². The quantitative estimate of drug-likeness (QED) is 0.778. The van der Waals surface area contributed by atoms with Gasteiger partial charge >= 0.3 is 0 Å². The Bertz CT molecular complexity index is 769. The van der Waals surface area contributed by atoms with Crippen LogP contribution in [0.25, 0.3) is 5.52 Å². The second-order valence-corrected chi connectivity index (χ2v) is 5.83. The van der Waals surface area contributed by atoms with E-state index >= 15 is 0 Å². The zero-order valence-electron chi connectivity index (χ0n) is 11.6. The van der Waals surface area contributed by atoms with Gasteiger partial charge in [-0.05, 0) is 49.4 Å². The lowest BCUT2D eigenvalue weighted by Gasteiger charge is -2.16. The van der Waals surface area contributed by atoms with Gasteiger partial charge in [-0.2, -0.15) is 5.10 Å². The third-order valence-corrected chi connectivity index (χ3v) is 4.11. The summed E-state index contributed by atoms with van der Waals surface area (Å²) in [5.41, 5.74) is 2.78. The smallest absolute Gasteiger partial charge is 0.126 e. The van der Waals surface area contributed by atoms with E-state index in [1.165, 1.54) is 6.07 Å². The zero-order chi connectivity index (χ0) is 14.8. The molecule has 3 nitrogen and oxygen atoms in total. The molecule has 0 spiro atoms. The molecule has 1 aromatic carbocycles. The number of pyridine rings is 1. The molecule has 108 valence electrons. The van der Waals surface area contributed by atoms with Crippen molar-refractivity contribution in [2.45, 2.75) is 12.5 Å². The molecule has 0 saturated carbocycles. The van der Waals surface area contributed by atoms with E-state index in [4.69, 9.17) is 0 Å². The van der Waals surface area contributed by atoms with Crippen molar-refractivity contribution in [3.05, 3.63) is 70.2 Å². The number of nitrogens with zero attached hydrogens (tertiary/aromatic N) is 2. The summed E-state index contributed by atoms with van der Waals surface area (Å²) in [5.74, 6) is -0.185. The van der Waals surface area contributed by atoms with E-state index in [0.717, 1.165) is 15.6 Å². The topological polar surface area (TPSA) is 29.3 Å². The van der Waals surface area contributed by atoms with E-state index in [0.29, 0.717) is 12.0 Å². The van der Waals surface area contributed by atoms with Gasteiger partial charge in [0.05, 0.1) is 11.7 Å². The Kier molecular flexibility index (Phi) is 4.03. The summed E-state index contributed by atoms with van der Waals surface area (Å²) in [5, 5.41) is 7.60. The molecule has 0 radical (unpaired) electrons. The first kappa shape index (κ1) is 14.2. The molecule has 0 fully saturated rings. The molecule has 0 bridgehead atoms. The Balaban J connectivity index is 1.97. The van der Waals surface area contributed by atoms with Gasteiger partial charge in [-0.25, -0.2) is 8.91 Å². The SMILES string of the molecule is CNC(Cc1cc(Br)ccc1F)c1cnn2ccccc12. The predicted octanol–water partition coefficient (Wildman–Crippen LogP) is 3.74. The van der Waals surface area contributed by atoms with E-state index in [9.17, 15) is 4.39 Å². The Morgan fingerprint density at radius 2 is 2.19 bits per heavy atom. The van der Waals surface area contributed by atoms with Crippen LogP contribution in [0.5, 0.6) is 0 Å². The van der Waals surface area contributed by atoms with E-state index in [2.05, 4.69) is 26.3 Å². The Morgan fingerprint density at radius 1 is 1.33 bits per heavy atom. The van der Waals surface area contributed by atoms with Gasteiger partial charge in [0.1, 0.15) is 5.82 Å². The fourth-order valence-corrected chi connectivity index (χ4v) is 2.92. The molecule has 0 aliphatic carbocycles. The maximum absolute atomic E-state index is 14.0. The van der Waals surface area contributed by atoms with Crippen LogP contribution in [0, 0.1) is 5.82 Å². The lowest BCUT2D eigenvalue weighted by atomic mass is 9.99. The van der Waals surface area contributed by atoms with Gasteiger partial charge in [0, 0.05) is 22.3 Å². The molecule has 0 aliphatic rings. The summed E-state index contributed by atoms with van der Waals surface area (Å²) in [6.07, 6.45) is 4.32. The van der Waals surface area contributed by atoms with Crippen LogP contribution in [-0.2, 0) is 6.42 Å². The Labute approximate surface area is 130 Å². The molecule has 3 rings (SSSR count). The summed E-state index contributed by atoms with van der Waals surface area (Å²) in [7, 11) is 1.88. The van der Waals surface area contributed by atoms with Crippen molar-refractivity contribution in [3.8, 4) is 0 Å². The fraction of sp³-hybridized carbons (Fsp3) is 0.188. The third kappa shape index (κ3) is 2.84. The molecule has 0 aliphatic heterocycles. The molecule has 21 heavy (non-hydrogen) atoms. The van der Waals surface area contributed by atoms with Crippen molar-refractivity contribution >= 4 is 21.4 Å². The maximum Gasteiger partial charge on any atom is 0.126 e. The van der Waals surface area contributed by atoms with Gasteiger partial charge in [0.15, 0.2) is 0 Å². The largest absolute Gasteiger partial charge is 0.313 e. The van der Waals surface area contributed by atoms with Crippen LogP contribution in [0.4, 0.5) is 4.39 Å². The molecule has 1 atom stereocenters. The summed E-state index contributed by atoms with van der Waals surface area (Å²) in [6, 6.07) is 11.0. The van der Waals surface area contributed by atoms with Crippen molar-refractivity contribution in [2.75, 3.05) is 7.05 Å². The maximum atomic E-state index is 14.0. The van der Waals surface area contributed by atoms with Crippen molar-refractivity contribution in [1.29, 1.82) is 0 Å². The van der Waals surface area contributed by atoms with Crippen LogP contribution in [0.15, 0.2) is 53.3 Å². The lowest BCUT2D eigenvalue weighted by Crippen LogP contribution is -2.19. The van der Waals surface area contributed by atoms with Gasteiger partial charge in [0.2, 0.25) is 0 Å². The monoisotopic (exact) mass is 347 g/mol. The third-order valence-electron chi connectivity index (χ3n) is 3.61. The second-order valence-electron chi connectivity index (χ2n) is 4.91. The highest BCUT2D eigenvalue weighted by Crippen LogP contribution is 2.25. The average Bonchev–Trinajstić information content (AvgIpc) is 2.92. The zero-order valence-corrected chi connectivity index (χ0v) is 13.1. The molecular formula is C16H15BrFN3. The highest BCUT2D eigenvalue weighted by atomic mass is 79.9. The number of likely N-dealkylation sites (N-methyl/N-ethyl adjacent to an activating group) is 1.